The molecule has 2 aromatic heterocycles. The zero-order valence-corrected chi connectivity index (χ0v) is 10.1. The molecule has 0 fully saturated rings. The summed E-state index contributed by atoms with van der Waals surface area (Å²) in [7, 11) is 3.42. The SMILES string of the molecule is CN(C)/N=N/c1[nH]cnc1C(N)=O.c1ccoc1. The van der Waals surface area contributed by atoms with Crippen LogP contribution in [0.1, 0.15) is 10.5 Å². The number of carbonyl (C=O) groups excluding carboxylic acids is 1. The molecule has 0 saturated heterocycles. The van der Waals surface area contributed by atoms with Crippen LogP contribution in [-0.4, -0.2) is 35.0 Å². The van der Waals surface area contributed by atoms with Crippen LogP contribution in [0.4, 0.5) is 5.82 Å². The van der Waals surface area contributed by atoms with Crippen LogP contribution in [0.2, 0.25) is 0 Å². The third-order valence-electron chi connectivity index (χ3n) is 1.60. The van der Waals surface area contributed by atoms with Crippen molar-refractivity contribution in [1.29, 1.82) is 0 Å². The normalized spacial score (nSPS) is 9.89. The Morgan fingerprint density at radius 1 is 1.44 bits per heavy atom. The maximum Gasteiger partial charge on any atom is 0.271 e. The number of nitrogens with two attached hydrogens (primary N) is 1. The molecule has 8 nitrogen and oxygen atoms in total. The van der Waals surface area contributed by atoms with Crippen LogP contribution < -0.4 is 5.73 Å². The quantitative estimate of drug-likeness (QED) is 0.632. The first-order valence-corrected chi connectivity index (χ1v) is 5.00. The molecule has 0 radical (unpaired) electrons. The fourth-order valence-corrected chi connectivity index (χ4v) is 0.905. The third-order valence-corrected chi connectivity index (χ3v) is 1.60. The molecule has 2 aromatic rings. The molecule has 2 heterocycles. The van der Waals surface area contributed by atoms with Crippen LogP contribution in [0, 0.1) is 0 Å². The summed E-state index contributed by atoms with van der Waals surface area (Å²) < 4.78 is 4.58. The van der Waals surface area contributed by atoms with Crippen LogP contribution in [0.25, 0.3) is 0 Å². The second kappa shape index (κ2) is 6.84. The van der Waals surface area contributed by atoms with Crippen LogP contribution in [0.15, 0.2) is 45.7 Å². The Balaban J connectivity index is 0.000000269. The number of aromatic nitrogens is 2. The summed E-state index contributed by atoms with van der Waals surface area (Å²) >= 11 is 0. The molecule has 0 unspecified atom stereocenters. The predicted octanol–water partition coefficient (Wildman–Crippen LogP) is 1.35. The van der Waals surface area contributed by atoms with Gasteiger partial charge in [0.15, 0.2) is 11.5 Å². The molecular formula is C10H14N6O2. The van der Waals surface area contributed by atoms with E-state index in [0.29, 0.717) is 0 Å². The number of aromatic amines is 1. The highest BCUT2D eigenvalue weighted by atomic mass is 16.3. The van der Waals surface area contributed by atoms with E-state index in [0.717, 1.165) is 0 Å². The average Bonchev–Trinajstić information content (AvgIpc) is 3.00. The van der Waals surface area contributed by atoms with Crippen molar-refractivity contribution >= 4 is 11.7 Å². The summed E-state index contributed by atoms with van der Waals surface area (Å²) in [6.45, 7) is 0. The molecule has 0 atom stereocenters. The van der Waals surface area contributed by atoms with E-state index in [1.54, 1.807) is 26.6 Å². The molecule has 96 valence electrons. The van der Waals surface area contributed by atoms with Crippen LogP contribution >= 0.6 is 0 Å². The number of hydrogen-bond acceptors (Lipinski definition) is 5. The van der Waals surface area contributed by atoms with Gasteiger partial charge in [0.25, 0.3) is 5.91 Å². The van der Waals surface area contributed by atoms with Gasteiger partial charge in [0.2, 0.25) is 0 Å². The van der Waals surface area contributed by atoms with Crippen molar-refractivity contribution in [2.75, 3.05) is 14.1 Å². The summed E-state index contributed by atoms with van der Waals surface area (Å²) in [6, 6.07) is 3.67. The fourth-order valence-electron chi connectivity index (χ4n) is 0.905. The summed E-state index contributed by atoms with van der Waals surface area (Å²) in [4.78, 5) is 17.1. The highest BCUT2D eigenvalue weighted by Gasteiger charge is 2.09. The second-order valence-electron chi connectivity index (χ2n) is 3.29. The number of rotatable bonds is 3. The number of nitrogens with one attached hydrogen (secondary N) is 1. The van der Waals surface area contributed by atoms with E-state index in [1.807, 2.05) is 12.1 Å². The third kappa shape index (κ3) is 4.47. The molecule has 0 aromatic carbocycles. The van der Waals surface area contributed by atoms with Crippen LogP contribution in [0.5, 0.6) is 0 Å². The molecule has 0 aliphatic carbocycles. The summed E-state index contributed by atoms with van der Waals surface area (Å²) in [5.74, 6) is -0.366. The number of furan rings is 1. The van der Waals surface area contributed by atoms with Gasteiger partial charge in [0, 0.05) is 14.1 Å². The van der Waals surface area contributed by atoms with Crippen LogP contribution in [-0.2, 0) is 0 Å². The van der Waals surface area contributed by atoms with Gasteiger partial charge in [0.1, 0.15) is 0 Å². The molecular weight excluding hydrogens is 236 g/mol. The summed E-state index contributed by atoms with van der Waals surface area (Å²) in [6.07, 6.45) is 4.59. The molecule has 0 saturated carbocycles. The Kier molecular flexibility index (Phi) is 5.10. The van der Waals surface area contributed by atoms with Crippen molar-refractivity contribution in [3.8, 4) is 0 Å². The smallest absolute Gasteiger partial charge is 0.271 e. The monoisotopic (exact) mass is 250 g/mol. The van der Waals surface area contributed by atoms with E-state index < -0.39 is 5.91 Å². The van der Waals surface area contributed by atoms with Gasteiger partial charge >= 0.3 is 0 Å². The molecule has 0 bridgehead atoms. The second-order valence-corrected chi connectivity index (χ2v) is 3.29. The lowest BCUT2D eigenvalue weighted by Crippen LogP contribution is -2.11. The molecule has 3 N–H and O–H groups in total. The molecule has 0 aliphatic rings. The van der Waals surface area contributed by atoms with Crippen LogP contribution in [0.3, 0.4) is 0 Å². The average molecular weight is 250 g/mol. The number of imidazole rings is 1. The predicted molar refractivity (Wildman–Crippen MR) is 64.0 cm³/mol. The van der Waals surface area contributed by atoms with E-state index in [2.05, 4.69) is 24.7 Å². The lowest BCUT2D eigenvalue weighted by atomic mass is 10.4. The number of nitrogens with zero attached hydrogens (tertiary/aromatic N) is 4. The maximum absolute atomic E-state index is 10.8. The minimum atomic E-state index is -0.631. The van der Waals surface area contributed by atoms with E-state index in [4.69, 9.17) is 5.73 Å². The Bertz CT molecular complexity index is 471. The highest BCUT2D eigenvalue weighted by Crippen LogP contribution is 2.12. The Labute approximate surface area is 103 Å². The van der Waals surface area contributed by atoms with Crippen molar-refractivity contribution in [3.63, 3.8) is 0 Å². The number of carbonyl (C=O) groups is 1. The molecule has 2 rings (SSSR count). The summed E-state index contributed by atoms with van der Waals surface area (Å²) in [5, 5.41) is 8.90. The van der Waals surface area contributed by atoms with Crippen molar-refractivity contribution in [1.82, 2.24) is 15.0 Å². The minimum absolute atomic E-state index is 0.0885. The minimum Gasteiger partial charge on any atom is -0.473 e. The van der Waals surface area contributed by atoms with Gasteiger partial charge < -0.3 is 15.1 Å². The van der Waals surface area contributed by atoms with Crippen molar-refractivity contribution in [3.05, 3.63) is 36.7 Å². The first-order valence-electron chi connectivity index (χ1n) is 5.00. The number of amides is 1. The van der Waals surface area contributed by atoms with Crippen molar-refractivity contribution < 1.29 is 9.21 Å². The lowest BCUT2D eigenvalue weighted by Gasteiger charge is -1.99. The van der Waals surface area contributed by atoms with Gasteiger partial charge in [-0.3, -0.25) is 9.80 Å². The highest BCUT2D eigenvalue weighted by molar-refractivity contribution is 5.94. The standard InChI is InChI=1S/C6H10N6O.C4H4O/c1-12(2)11-10-6-4(5(7)13)8-3-9-6;1-2-4-5-3-1/h3H,1-2H3,(H2,7,13)(H,8,9);1-4H/b11-10+;. The van der Waals surface area contributed by atoms with E-state index in [1.165, 1.54) is 11.3 Å². The molecule has 0 spiro atoms. The van der Waals surface area contributed by atoms with E-state index in [-0.39, 0.29) is 11.5 Å². The van der Waals surface area contributed by atoms with Crippen molar-refractivity contribution in [2.24, 2.45) is 16.1 Å². The summed E-state index contributed by atoms with van der Waals surface area (Å²) in [5.41, 5.74) is 5.12. The molecule has 8 heteroatoms. The van der Waals surface area contributed by atoms with E-state index >= 15 is 0 Å². The van der Waals surface area contributed by atoms with Gasteiger partial charge in [-0.05, 0) is 12.1 Å². The van der Waals surface area contributed by atoms with Gasteiger partial charge in [-0.2, -0.15) is 0 Å². The first kappa shape index (κ1) is 13.4. The number of primary amides is 1. The zero-order valence-electron chi connectivity index (χ0n) is 10.1. The molecule has 1 amide bonds. The number of hydrogen-bond donors (Lipinski definition) is 2. The largest absolute Gasteiger partial charge is 0.473 e. The van der Waals surface area contributed by atoms with Gasteiger partial charge in [-0.25, -0.2) is 4.98 Å². The molecule has 0 aliphatic heterocycles. The number of H-pyrrole nitrogens is 1. The van der Waals surface area contributed by atoms with Crippen molar-refractivity contribution in [2.45, 2.75) is 0 Å². The zero-order chi connectivity index (χ0) is 13.4. The fraction of sp³-hybridized carbons (Fsp3) is 0.200. The van der Waals surface area contributed by atoms with Gasteiger partial charge in [-0.15, -0.1) is 5.11 Å². The van der Waals surface area contributed by atoms with Gasteiger partial charge in [0.05, 0.1) is 18.9 Å². The first-order chi connectivity index (χ1) is 8.61. The lowest BCUT2D eigenvalue weighted by molar-refractivity contribution is 0.0996. The molecule has 18 heavy (non-hydrogen) atoms. The van der Waals surface area contributed by atoms with E-state index in [9.17, 15) is 4.79 Å². The maximum atomic E-state index is 10.8. The topological polar surface area (TPSA) is 113 Å². The Hall–Kier alpha value is -2.64. The Morgan fingerprint density at radius 2 is 2.11 bits per heavy atom. The Morgan fingerprint density at radius 3 is 2.56 bits per heavy atom. The van der Waals surface area contributed by atoms with Gasteiger partial charge in [-0.1, -0.05) is 5.22 Å².